The van der Waals surface area contributed by atoms with Gasteiger partial charge < -0.3 is 14.6 Å². The monoisotopic (exact) mass is 279 g/mol. The zero-order valence-electron chi connectivity index (χ0n) is 12.2. The molecule has 1 unspecified atom stereocenters. The first-order chi connectivity index (χ1) is 8.89. The Morgan fingerprint density at radius 1 is 1.21 bits per heavy atom. The third-order valence-corrected chi connectivity index (χ3v) is 5.87. The maximum atomic E-state index is 6.10. The first-order valence-corrected chi connectivity index (χ1v) is 7.87. The van der Waals surface area contributed by atoms with E-state index in [0.717, 1.165) is 13.1 Å². The molecule has 0 spiro atoms. The summed E-state index contributed by atoms with van der Waals surface area (Å²) < 4.78 is 13.4. The highest BCUT2D eigenvalue weighted by molar-refractivity contribution is 7.22. The lowest BCUT2D eigenvalue weighted by atomic mass is 9.88. The summed E-state index contributed by atoms with van der Waals surface area (Å²) in [5.74, 6) is 0.668. The van der Waals surface area contributed by atoms with E-state index in [0.29, 0.717) is 5.92 Å². The number of nitrogens with one attached hydrogen (secondary N) is 1. The summed E-state index contributed by atoms with van der Waals surface area (Å²) in [5, 5.41) is 3.42. The van der Waals surface area contributed by atoms with Gasteiger partial charge in [0, 0.05) is 22.1 Å². The molecule has 3 heterocycles. The summed E-state index contributed by atoms with van der Waals surface area (Å²) in [7, 11) is -0.210. The van der Waals surface area contributed by atoms with Crippen molar-refractivity contribution in [3.05, 3.63) is 17.0 Å². The first-order valence-electron chi connectivity index (χ1n) is 7.05. The first kappa shape index (κ1) is 13.6. The molecule has 3 rings (SSSR count). The van der Waals surface area contributed by atoms with Crippen LogP contribution in [-0.2, 0) is 9.31 Å². The molecule has 1 atom stereocenters. The van der Waals surface area contributed by atoms with E-state index in [-0.39, 0.29) is 18.3 Å². The van der Waals surface area contributed by atoms with E-state index < -0.39 is 0 Å². The van der Waals surface area contributed by atoms with Gasteiger partial charge in [-0.05, 0) is 46.7 Å². The third kappa shape index (κ3) is 2.37. The lowest BCUT2D eigenvalue weighted by Crippen LogP contribution is -2.41. The van der Waals surface area contributed by atoms with Gasteiger partial charge in [-0.25, -0.2) is 0 Å². The molecular weight excluding hydrogens is 257 g/mol. The van der Waals surface area contributed by atoms with E-state index in [9.17, 15) is 0 Å². The Kier molecular flexibility index (Phi) is 3.29. The number of hydrogen-bond donors (Lipinski definition) is 1. The number of thiophene rings is 1. The SMILES string of the molecule is CC1(C)OB(c2ccc(C3CCNC3)s2)OC1(C)C. The van der Waals surface area contributed by atoms with Crippen molar-refractivity contribution in [3.8, 4) is 0 Å². The van der Waals surface area contributed by atoms with Crippen LogP contribution >= 0.6 is 11.3 Å². The van der Waals surface area contributed by atoms with Gasteiger partial charge in [0.25, 0.3) is 0 Å². The minimum absolute atomic E-state index is 0.210. The molecule has 0 amide bonds. The zero-order valence-corrected chi connectivity index (χ0v) is 13.0. The van der Waals surface area contributed by atoms with Crippen molar-refractivity contribution in [2.24, 2.45) is 0 Å². The van der Waals surface area contributed by atoms with E-state index >= 15 is 0 Å². The van der Waals surface area contributed by atoms with E-state index in [1.165, 1.54) is 16.1 Å². The summed E-state index contributed by atoms with van der Waals surface area (Å²) in [6.07, 6.45) is 1.24. The van der Waals surface area contributed by atoms with Crippen LogP contribution in [0.1, 0.15) is 44.9 Å². The normalized spacial score (nSPS) is 29.1. The van der Waals surface area contributed by atoms with Crippen molar-refractivity contribution < 1.29 is 9.31 Å². The fourth-order valence-corrected chi connectivity index (χ4v) is 3.68. The molecule has 1 aromatic heterocycles. The van der Waals surface area contributed by atoms with Crippen LogP contribution in [0.3, 0.4) is 0 Å². The van der Waals surface area contributed by atoms with Crippen LogP contribution < -0.4 is 10.1 Å². The van der Waals surface area contributed by atoms with Crippen LogP contribution in [0.4, 0.5) is 0 Å². The molecule has 2 aliphatic rings. The predicted molar refractivity (Wildman–Crippen MR) is 80.3 cm³/mol. The van der Waals surface area contributed by atoms with Gasteiger partial charge >= 0.3 is 7.12 Å². The Bertz CT molecular complexity index is 450. The molecule has 2 saturated heterocycles. The summed E-state index contributed by atoms with van der Waals surface area (Å²) in [4.78, 5) is 1.45. The molecule has 5 heteroatoms. The highest BCUT2D eigenvalue weighted by atomic mass is 32.1. The largest absolute Gasteiger partial charge is 0.505 e. The summed E-state index contributed by atoms with van der Waals surface area (Å²) in [6, 6.07) is 4.41. The third-order valence-electron chi connectivity index (χ3n) is 4.60. The van der Waals surface area contributed by atoms with Gasteiger partial charge in [-0.2, -0.15) is 0 Å². The summed E-state index contributed by atoms with van der Waals surface area (Å²) in [6.45, 7) is 10.6. The number of hydrogen-bond acceptors (Lipinski definition) is 4. The fraction of sp³-hybridized carbons (Fsp3) is 0.714. The van der Waals surface area contributed by atoms with E-state index in [2.05, 4.69) is 45.1 Å². The molecule has 1 N–H and O–H groups in total. The van der Waals surface area contributed by atoms with Crippen LogP contribution in [0.5, 0.6) is 0 Å². The maximum Gasteiger partial charge on any atom is 0.505 e. The Labute approximate surface area is 119 Å². The lowest BCUT2D eigenvalue weighted by molar-refractivity contribution is 0.00578. The van der Waals surface area contributed by atoms with Crippen molar-refractivity contribution in [1.82, 2.24) is 5.32 Å². The molecule has 3 nitrogen and oxygen atoms in total. The molecule has 0 saturated carbocycles. The lowest BCUT2D eigenvalue weighted by Gasteiger charge is -2.32. The summed E-state index contributed by atoms with van der Waals surface area (Å²) in [5.41, 5.74) is -0.506. The van der Waals surface area contributed by atoms with Gasteiger partial charge in [-0.3, -0.25) is 0 Å². The van der Waals surface area contributed by atoms with Gasteiger partial charge in [0.1, 0.15) is 0 Å². The average Bonchev–Trinajstić information content (AvgIpc) is 3.00. The molecule has 0 radical (unpaired) electrons. The smallest absolute Gasteiger partial charge is 0.399 e. The van der Waals surface area contributed by atoms with Crippen LogP contribution in [0, 0.1) is 0 Å². The Morgan fingerprint density at radius 3 is 2.47 bits per heavy atom. The van der Waals surface area contributed by atoms with Crippen molar-refractivity contribution in [2.45, 2.75) is 51.2 Å². The van der Waals surface area contributed by atoms with Gasteiger partial charge in [-0.1, -0.05) is 6.07 Å². The molecular formula is C14H22BNO2S. The molecule has 1 aromatic rings. The standard InChI is InChI=1S/C14H22BNO2S/c1-13(2)14(3,4)18-15(17-13)12-6-5-11(19-12)10-7-8-16-9-10/h5-6,10,16H,7-9H2,1-4H3. The Morgan fingerprint density at radius 2 is 1.89 bits per heavy atom. The second kappa shape index (κ2) is 4.59. The topological polar surface area (TPSA) is 30.5 Å². The molecule has 0 aliphatic carbocycles. The molecule has 19 heavy (non-hydrogen) atoms. The van der Waals surface area contributed by atoms with Crippen molar-refractivity contribution in [2.75, 3.05) is 13.1 Å². The molecule has 2 aliphatic heterocycles. The second-order valence-electron chi connectivity index (χ2n) is 6.52. The minimum Gasteiger partial charge on any atom is -0.399 e. The van der Waals surface area contributed by atoms with Crippen LogP contribution in [-0.4, -0.2) is 31.4 Å². The minimum atomic E-state index is -0.253. The van der Waals surface area contributed by atoms with Crippen molar-refractivity contribution in [1.29, 1.82) is 0 Å². The van der Waals surface area contributed by atoms with Gasteiger partial charge in [0.2, 0.25) is 0 Å². The Balaban J connectivity index is 1.77. The Hall–Kier alpha value is -0.355. The van der Waals surface area contributed by atoms with Crippen LogP contribution in [0.2, 0.25) is 0 Å². The van der Waals surface area contributed by atoms with Crippen LogP contribution in [0.25, 0.3) is 0 Å². The zero-order chi connectivity index (χ0) is 13.7. The molecule has 0 aromatic carbocycles. The predicted octanol–water partition coefficient (Wildman–Crippen LogP) is 2.12. The van der Waals surface area contributed by atoms with Crippen molar-refractivity contribution >= 4 is 23.2 Å². The molecule has 104 valence electrons. The van der Waals surface area contributed by atoms with E-state index in [4.69, 9.17) is 9.31 Å². The molecule has 2 fully saturated rings. The van der Waals surface area contributed by atoms with Gasteiger partial charge in [-0.15, -0.1) is 11.3 Å². The maximum absolute atomic E-state index is 6.10. The fourth-order valence-electron chi connectivity index (χ4n) is 2.57. The number of rotatable bonds is 2. The summed E-state index contributed by atoms with van der Waals surface area (Å²) >= 11 is 1.84. The van der Waals surface area contributed by atoms with Crippen molar-refractivity contribution in [3.63, 3.8) is 0 Å². The van der Waals surface area contributed by atoms with Crippen LogP contribution in [0.15, 0.2) is 12.1 Å². The average molecular weight is 279 g/mol. The molecule has 0 bridgehead atoms. The quantitative estimate of drug-likeness (QED) is 0.841. The second-order valence-corrected chi connectivity index (χ2v) is 7.67. The van der Waals surface area contributed by atoms with Gasteiger partial charge in [0.15, 0.2) is 0 Å². The van der Waals surface area contributed by atoms with Gasteiger partial charge in [0.05, 0.1) is 11.2 Å². The highest BCUT2D eigenvalue weighted by Gasteiger charge is 2.52. The van der Waals surface area contributed by atoms with E-state index in [1.807, 2.05) is 11.3 Å². The highest BCUT2D eigenvalue weighted by Crippen LogP contribution is 2.37. The van der Waals surface area contributed by atoms with E-state index in [1.54, 1.807) is 0 Å².